The standard InChI is InChI=1S/C18H22O2S/c1-3-5-15-7-11-17(12-8-15)19-21-20-18-13-9-16(6-4-2)10-14-18/h7-14H,3-6H2,1-2H3. The van der Waals surface area contributed by atoms with Gasteiger partial charge < -0.3 is 8.37 Å². The Kier molecular flexibility index (Phi) is 6.48. The summed E-state index contributed by atoms with van der Waals surface area (Å²) in [7, 11) is 0. The molecular formula is C18H22O2S. The fraction of sp³-hybridized carbons (Fsp3) is 0.333. The fourth-order valence-corrected chi connectivity index (χ4v) is 2.51. The topological polar surface area (TPSA) is 18.5 Å². The fourth-order valence-electron chi connectivity index (χ4n) is 2.10. The van der Waals surface area contributed by atoms with Gasteiger partial charge in [-0.25, -0.2) is 0 Å². The van der Waals surface area contributed by atoms with Crippen LogP contribution in [0.25, 0.3) is 0 Å². The molecule has 0 unspecified atom stereocenters. The van der Waals surface area contributed by atoms with Gasteiger partial charge in [0.05, 0.1) is 0 Å². The highest BCUT2D eigenvalue weighted by molar-refractivity contribution is 7.90. The molecule has 0 fully saturated rings. The first kappa shape index (κ1) is 15.8. The molecule has 21 heavy (non-hydrogen) atoms. The van der Waals surface area contributed by atoms with Gasteiger partial charge in [-0.05, 0) is 48.2 Å². The van der Waals surface area contributed by atoms with Crippen LogP contribution in [0.2, 0.25) is 0 Å². The third-order valence-electron chi connectivity index (χ3n) is 3.18. The zero-order chi connectivity index (χ0) is 14.9. The van der Waals surface area contributed by atoms with Crippen molar-refractivity contribution in [2.45, 2.75) is 39.5 Å². The van der Waals surface area contributed by atoms with Crippen molar-refractivity contribution in [3.8, 4) is 11.5 Å². The Morgan fingerprint density at radius 2 is 1.05 bits per heavy atom. The van der Waals surface area contributed by atoms with Crippen LogP contribution in [0.4, 0.5) is 0 Å². The summed E-state index contributed by atoms with van der Waals surface area (Å²) >= 11 is 0.998. The Morgan fingerprint density at radius 3 is 1.38 bits per heavy atom. The predicted octanol–water partition coefficient (Wildman–Crippen LogP) is 5.61. The van der Waals surface area contributed by atoms with E-state index in [2.05, 4.69) is 38.1 Å². The van der Waals surface area contributed by atoms with Gasteiger partial charge in [0.25, 0.3) is 12.3 Å². The molecule has 2 rings (SSSR count). The van der Waals surface area contributed by atoms with Crippen molar-refractivity contribution in [2.75, 3.05) is 0 Å². The molecular weight excluding hydrogens is 280 g/mol. The smallest absolute Gasteiger partial charge is 0.293 e. The minimum absolute atomic E-state index is 0.808. The molecule has 112 valence electrons. The first-order valence-corrected chi connectivity index (χ1v) is 8.17. The molecule has 2 aromatic rings. The van der Waals surface area contributed by atoms with E-state index in [0.717, 1.165) is 49.5 Å². The molecule has 0 spiro atoms. The zero-order valence-electron chi connectivity index (χ0n) is 12.7. The Bertz CT molecular complexity index is 470. The summed E-state index contributed by atoms with van der Waals surface area (Å²) in [6, 6.07) is 16.3. The molecule has 3 heteroatoms. The quantitative estimate of drug-likeness (QED) is 0.590. The lowest BCUT2D eigenvalue weighted by Gasteiger charge is -2.06. The van der Waals surface area contributed by atoms with Crippen LogP contribution in [0.5, 0.6) is 11.5 Å². The van der Waals surface area contributed by atoms with Gasteiger partial charge in [0.1, 0.15) is 11.5 Å². The molecule has 0 aliphatic carbocycles. The van der Waals surface area contributed by atoms with Crippen molar-refractivity contribution in [1.29, 1.82) is 0 Å². The Morgan fingerprint density at radius 1 is 0.667 bits per heavy atom. The van der Waals surface area contributed by atoms with Gasteiger partial charge in [-0.1, -0.05) is 51.0 Å². The van der Waals surface area contributed by atoms with Gasteiger partial charge in [-0.15, -0.1) is 0 Å². The van der Waals surface area contributed by atoms with Gasteiger partial charge in [-0.2, -0.15) is 0 Å². The van der Waals surface area contributed by atoms with Crippen LogP contribution in [0, 0.1) is 0 Å². The van der Waals surface area contributed by atoms with E-state index < -0.39 is 0 Å². The van der Waals surface area contributed by atoms with Crippen LogP contribution < -0.4 is 8.37 Å². The summed E-state index contributed by atoms with van der Waals surface area (Å²) in [5, 5.41) is 0. The molecule has 0 amide bonds. The van der Waals surface area contributed by atoms with Crippen molar-refractivity contribution in [1.82, 2.24) is 0 Å². The second kappa shape index (κ2) is 8.63. The molecule has 0 radical (unpaired) electrons. The average Bonchev–Trinajstić information content (AvgIpc) is 2.51. The van der Waals surface area contributed by atoms with Crippen LogP contribution in [-0.2, 0) is 12.8 Å². The molecule has 0 heterocycles. The number of hydrogen-bond acceptors (Lipinski definition) is 3. The molecule has 0 aromatic heterocycles. The molecule has 0 aliphatic rings. The van der Waals surface area contributed by atoms with E-state index in [1.54, 1.807) is 0 Å². The molecule has 0 atom stereocenters. The molecule has 0 saturated carbocycles. The van der Waals surface area contributed by atoms with E-state index in [1.165, 1.54) is 11.1 Å². The summed E-state index contributed by atoms with van der Waals surface area (Å²) in [6.07, 6.45) is 4.53. The van der Waals surface area contributed by atoms with E-state index in [1.807, 2.05) is 24.3 Å². The lowest BCUT2D eigenvalue weighted by molar-refractivity contribution is 0.540. The van der Waals surface area contributed by atoms with Crippen molar-refractivity contribution in [3.05, 3.63) is 59.7 Å². The summed E-state index contributed by atoms with van der Waals surface area (Å²) in [5.74, 6) is 1.62. The number of benzene rings is 2. The first-order valence-electron chi connectivity index (χ1n) is 7.51. The third-order valence-corrected chi connectivity index (χ3v) is 3.71. The lowest BCUT2D eigenvalue weighted by atomic mass is 10.1. The van der Waals surface area contributed by atoms with Gasteiger partial charge >= 0.3 is 0 Å². The van der Waals surface area contributed by atoms with Crippen molar-refractivity contribution in [2.24, 2.45) is 0 Å². The van der Waals surface area contributed by atoms with E-state index >= 15 is 0 Å². The van der Waals surface area contributed by atoms with E-state index in [9.17, 15) is 0 Å². The molecule has 0 bridgehead atoms. The highest BCUT2D eigenvalue weighted by Gasteiger charge is 2.00. The predicted molar refractivity (Wildman–Crippen MR) is 89.7 cm³/mol. The summed E-state index contributed by atoms with van der Waals surface area (Å²) in [5.41, 5.74) is 2.67. The molecule has 0 aliphatic heterocycles. The normalized spacial score (nSPS) is 10.4. The van der Waals surface area contributed by atoms with Crippen LogP contribution >= 0.6 is 12.3 Å². The molecule has 0 N–H and O–H groups in total. The van der Waals surface area contributed by atoms with Crippen molar-refractivity contribution < 1.29 is 8.37 Å². The Labute approximate surface area is 131 Å². The molecule has 0 saturated heterocycles. The lowest BCUT2D eigenvalue weighted by Crippen LogP contribution is -1.89. The Balaban J connectivity index is 1.78. The van der Waals surface area contributed by atoms with Crippen LogP contribution in [0.15, 0.2) is 48.5 Å². The maximum Gasteiger partial charge on any atom is 0.293 e. The number of hydrogen-bond donors (Lipinski definition) is 0. The third kappa shape index (κ3) is 5.35. The summed E-state index contributed by atoms with van der Waals surface area (Å²) in [6.45, 7) is 4.36. The maximum atomic E-state index is 5.52. The number of rotatable bonds is 8. The molecule has 2 nitrogen and oxygen atoms in total. The monoisotopic (exact) mass is 302 g/mol. The van der Waals surface area contributed by atoms with E-state index in [0.29, 0.717) is 0 Å². The average molecular weight is 302 g/mol. The highest BCUT2D eigenvalue weighted by Crippen LogP contribution is 2.22. The first-order chi connectivity index (χ1) is 10.3. The summed E-state index contributed by atoms with van der Waals surface area (Å²) in [4.78, 5) is 0. The second-order valence-electron chi connectivity index (χ2n) is 5.02. The van der Waals surface area contributed by atoms with Crippen LogP contribution in [-0.4, -0.2) is 0 Å². The molecule has 2 aromatic carbocycles. The zero-order valence-corrected chi connectivity index (χ0v) is 13.5. The van der Waals surface area contributed by atoms with Crippen molar-refractivity contribution in [3.63, 3.8) is 0 Å². The second-order valence-corrected chi connectivity index (χ2v) is 5.49. The summed E-state index contributed by atoms with van der Waals surface area (Å²) < 4.78 is 11.0. The minimum atomic E-state index is 0.808. The Hall–Kier alpha value is -1.61. The van der Waals surface area contributed by atoms with Gasteiger partial charge in [-0.3, -0.25) is 0 Å². The maximum absolute atomic E-state index is 5.52. The number of aryl methyl sites for hydroxylation is 2. The van der Waals surface area contributed by atoms with Gasteiger partial charge in [0, 0.05) is 0 Å². The van der Waals surface area contributed by atoms with Crippen molar-refractivity contribution >= 4 is 12.3 Å². The largest absolute Gasteiger partial charge is 0.391 e. The minimum Gasteiger partial charge on any atom is -0.391 e. The van der Waals surface area contributed by atoms with Crippen LogP contribution in [0.1, 0.15) is 37.8 Å². The van der Waals surface area contributed by atoms with Gasteiger partial charge in [0.2, 0.25) is 0 Å². The van der Waals surface area contributed by atoms with E-state index in [-0.39, 0.29) is 0 Å². The van der Waals surface area contributed by atoms with E-state index in [4.69, 9.17) is 8.37 Å². The van der Waals surface area contributed by atoms with Gasteiger partial charge in [0.15, 0.2) is 0 Å². The van der Waals surface area contributed by atoms with Crippen LogP contribution in [0.3, 0.4) is 0 Å². The SMILES string of the molecule is CCCc1ccc(OSOc2ccc(CCC)cc2)cc1. The highest BCUT2D eigenvalue weighted by atomic mass is 32.2.